The number of para-hydroxylation sites is 2. The summed E-state index contributed by atoms with van der Waals surface area (Å²) in [6, 6.07) is 23.0. The first-order valence-electron chi connectivity index (χ1n) is 12.9. The number of unbranched alkanes of at least 4 members (excludes halogenated alkanes) is 2. The van der Waals surface area contributed by atoms with Crippen LogP contribution >= 0.6 is 11.8 Å². The van der Waals surface area contributed by atoms with Gasteiger partial charge in [-0.05, 0) is 42.3 Å². The van der Waals surface area contributed by atoms with Crippen LogP contribution < -0.4 is 5.56 Å². The standard InChI is InChI=1S/C30H31N5O2S/c1-3-4-10-17-35-29(37)23-16-15-22(28(36)34(2)19-21-11-6-5-7-12-21)18-26(23)33-30(35)38-20-27-31-24-13-8-9-14-25(24)32-27/h5-9,11-16,18H,3-4,10,17,19-20H2,1-2H3,(H,31,32). The van der Waals surface area contributed by atoms with Crippen LogP contribution in [0.15, 0.2) is 82.7 Å². The van der Waals surface area contributed by atoms with E-state index >= 15 is 0 Å². The summed E-state index contributed by atoms with van der Waals surface area (Å²) in [6.45, 7) is 3.26. The molecule has 0 aliphatic carbocycles. The van der Waals surface area contributed by atoms with E-state index in [1.165, 1.54) is 11.8 Å². The molecule has 8 heteroatoms. The van der Waals surface area contributed by atoms with Gasteiger partial charge < -0.3 is 9.88 Å². The number of carbonyl (C=O) groups is 1. The lowest BCUT2D eigenvalue weighted by molar-refractivity contribution is 0.0785. The van der Waals surface area contributed by atoms with Gasteiger partial charge >= 0.3 is 0 Å². The third-order valence-electron chi connectivity index (χ3n) is 6.54. The van der Waals surface area contributed by atoms with Crippen molar-refractivity contribution < 1.29 is 4.79 Å². The normalized spacial score (nSPS) is 11.3. The van der Waals surface area contributed by atoms with Gasteiger partial charge in [0.1, 0.15) is 5.82 Å². The van der Waals surface area contributed by atoms with Gasteiger partial charge in [0.05, 0.1) is 27.7 Å². The molecule has 0 fully saturated rings. The predicted molar refractivity (Wildman–Crippen MR) is 153 cm³/mol. The Morgan fingerprint density at radius 3 is 2.55 bits per heavy atom. The highest BCUT2D eigenvalue weighted by Crippen LogP contribution is 2.24. The number of H-pyrrole nitrogens is 1. The Hall–Kier alpha value is -3.91. The molecule has 38 heavy (non-hydrogen) atoms. The van der Waals surface area contributed by atoms with E-state index in [0.717, 1.165) is 41.7 Å². The number of nitrogens with zero attached hydrogens (tertiary/aromatic N) is 4. The first-order valence-corrected chi connectivity index (χ1v) is 13.9. The fraction of sp³-hybridized carbons (Fsp3) is 0.267. The van der Waals surface area contributed by atoms with E-state index < -0.39 is 0 Å². The molecule has 0 atom stereocenters. The van der Waals surface area contributed by atoms with Gasteiger partial charge in [-0.1, -0.05) is 74.0 Å². The first kappa shape index (κ1) is 25.7. The van der Waals surface area contributed by atoms with Crippen LogP contribution in [0, 0.1) is 0 Å². The van der Waals surface area contributed by atoms with Crippen LogP contribution in [-0.2, 0) is 18.8 Å². The Morgan fingerprint density at radius 1 is 0.974 bits per heavy atom. The minimum absolute atomic E-state index is 0.0742. The zero-order chi connectivity index (χ0) is 26.5. The maximum Gasteiger partial charge on any atom is 0.262 e. The molecule has 5 rings (SSSR count). The minimum Gasteiger partial charge on any atom is -0.341 e. The van der Waals surface area contributed by atoms with Crippen LogP contribution in [0.2, 0.25) is 0 Å². The van der Waals surface area contributed by atoms with Gasteiger partial charge in [0.15, 0.2) is 5.16 Å². The van der Waals surface area contributed by atoms with Gasteiger partial charge in [-0.2, -0.15) is 0 Å². The van der Waals surface area contributed by atoms with Gasteiger partial charge in [-0.25, -0.2) is 9.97 Å². The largest absolute Gasteiger partial charge is 0.341 e. The number of aromatic amines is 1. The van der Waals surface area contributed by atoms with Crippen LogP contribution in [0.25, 0.3) is 21.9 Å². The number of carbonyl (C=O) groups excluding carboxylic acids is 1. The third-order valence-corrected chi connectivity index (χ3v) is 7.53. The molecule has 1 N–H and O–H groups in total. The quantitative estimate of drug-likeness (QED) is 0.137. The number of hydrogen-bond donors (Lipinski definition) is 1. The summed E-state index contributed by atoms with van der Waals surface area (Å²) in [5, 5.41) is 1.16. The number of benzene rings is 3. The Balaban J connectivity index is 1.45. The molecule has 2 aromatic heterocycles. The van der Waals surface area contributed by atoms with E-state index in [1.807, 2.05) is 54.6 Å². The first-order chi connectivity index (χ1) is 18.5. The van der Waals surface area contributed by atoms with E-state index in [0.29, 0.717) is 40.5 Å². The van der Waals surface area contributed by atoms with Crippen molar-refractivity contribution in [2.75, 3.05) is 7.05 Å². The van der Waals surface area contributed by atoms with E-state index in [2.05, 4.69) is 16.9 Å². The van der Waals surface area contributed by atoms with Gasteiger partial charge in [0.2, 0.25) is 0 Å². The zero-order valence-corrected chi connectivity index (χ0v) is 22.5. The number of nitrogens with one attached hydrogen (secondary N) is 1. The van der Waals surface area contributed by atoms with Crippen LogP contribution in [0.5, 0.6) is 0 Å². The number of aromatic nitrogens is 4. The zero-order valence-electron chi connectivity index (χ0n) is 21.7. The van der Waals surface area contributed by atoms with Crippen LogP contribution in [0.3, 0.4) is 0 Å². The molecule has 0 saturated heterocycles. The lowest BCUT2D eigenvalue weighted by Crippen LogP contribution is -2.27. The number of thioether (sulfide) groups is 1. The molecule has 3 aromatic carbocycles. The van der Waals surface area contributed by atoms with Gasteiger partial charge in [-0.15, -0.1) is 0 Å². The molecule has 0 aliphatic rings. The lowest BCUT2D eigenvalue weighted by atomic mass is 10.1. The average molecular weight is 526 g/mol. The number of imidazole rings is 1. The Morgan fingerprint density at radius 2 is 1.76 bits per heavy atom. The van der Waals surface area contributed by atoms with E-state index in [4.69, 9.17) is 4.98 Å². The molecule has 5 aromatic rings. The van der Waals surface area contributed by atoms with Crippen molar-refractivity contribution in [3.05, 3.63) is 100 Å². The van der Waals surface area contributed by atoms with Crippen molar-refractivity contribution in [2.24, 2.45) is 0 Å². The number of rotatable bonds is 10. The van der Waals surface area contributed by atoms with Crippen LogP contribution in [0.1, 0.15) is 47.9 Å². The number of fused-ring (bicyclic) bond motifs is 2. The molecule has 0 saturated carbocycles. The van der Waals surface area contributed by atoms with Crippen LogP contribution in [0.4, 0.5) is 0 Å². The second-order valence-electron chi connectivity index (χ2n) is 9.43. The molecule has 0 radical (unpaired) electrons. The maximum atomic E-state index is 13.5. The number of amides is 1. The molecule has 194 valence electrons. The topological polar surface area (TPSA) is 83.9 Å². The summed E-state index contributed by atoms with van der Waals surface area (Å²) in [5.74, 6) is 1.28. The summed E-state index contributed by atoms with van der Waals surface area (Å²) < 4.78 is 1.77. The average Bonchev–Trinajstić information content (AvgIpc) is 3.36. The van der Waals surface area contributed by atoms with Gasteiger partial charge in [-0.3, -0.25) is 14.2 Å². The van der Waals surface area contributed by atoms with Gasteiger partial charge in [0.25, 0.3) is 11.5 Å². The van der Waals surface area contributed by atoms with E-state index in [1.54, 1.807) is 34.7 Å². The monoisotopic (exact) mass is 525 g/mol. The molecule has 0 spiro atoms. The van der Waals surface area contributed by atoms with Crippen molar-refractivity contribution in [3.63, 3.8) is 0 Å². The van der Waals surface area contributed by atoms with E-state index in [9.17, 15) is 9.59 Å². The Bertz CT molecular complexity index is 1590. The predicted octanol–water partition coefficient (Wildman–Crippen LogP) is 6.03. The maximum absolute atomic E-state index is 13.5. The molecule has 1 amide bonds. The highest BCUT2D eigenvalue weighted by atomic mass is 32.2. The smallest absolute Gasteiger partial charge is 0.262 e. The number of hydrogen-bond acceptors (Lipinski definition) is 5. The summed E-state index contributed by atoms with van der Waals surface area (Å²) in [7, 11) is 1.79. The molecule has 2 heterocycles. The molecule has 7 nitrogen and oxygen atoms in total. The van der Waals surface area contributed by atoms with Gasteiger partial charge in [0, 0.05) is 25.7 Å². The SMILES string of the molecule is CCCCCn1c(SCc2nc3ccccc3[nH]2)nc2cc(C(=O)N(C)Cc3ccccc3)ccc2c1=O. The van der Waals surface area contributed by atoms with Crippen molar-refractivity contribution in [2.45, 2.75) is 50.2 Å². The molecular weight excluding hydrogens is 494 g/mol. The molecular formula is C30H31N5O2S. The highest BCUT2D eigenvalue weighted by molar-refractivity contribution is 7.98. The Kier molecular flexibility index (Phi) is 7.89. The minimum atomic E-state index is -0.110. The molecule has 0 aliphatic heterocycles. The molecule has 0 bridgehead atoms. The van der Waals surface area contributed by atoms with Crippen molar-refractivity contribution in [1.82, 2.24) is 24.4 Å². The molecule has 0 unspecified atom stereocenters. The van der Waals surface area contributed by atoms with E-state index in [-0.39, 0.29) is 11.5 Å². The second kappa shape index (κ2) is 11.6. The second-order valence-corrected chi connectivity index (χ2v) is 10.4. The third kappa shape index (κ3) is 5.65. The Labute approximate surface area is 225 Å². The van der Waals surface area contributed by atoms with Crippen LogP contribution in [-0.4, -0.2) is 37.4 Å². The lowest BCUT2D eigenvalue weighted by Gasteiger charge is -2.18. The van der Waals surface area contributed by atoms with Crippen molar-refractivity contribution in [3.8, 4) is 0 Å². The van der Waals surface area contributed by atoms with Crippen molar-refractivity contribution >= 4 is 39.6 Å². The summed E-state index contributed by atoms with van der Waals surface area (Å²) in [6.07, 6.45) is 3.02. The fourth-order valence-electron chi connectivity index (χ4n) is 4.52. The fourth-order valence-corrected chi connectivity index (χ4v) is 5.41. The summed E-state index contributed by atoms with van der Waals surface area (Å²) >= 11 is 1.49. The van der Waals surface area contributed by atoms with Crippen molar-refractivity contribution in [1.29, 1.82) is 0 Å². The highest BCUT2D eigenvalue weighted by Gasteiger charge is 2.17. The summed E-state index contributed by atoms with van der Waals surface area (Å²) in [5.41, 5.74) is 3.93. The summed E-state index contributed by atoms with van der Waals surface area (Å²) in [4.78, 5) is 41.3.